The van der Waals surface area contributed by atoms with Gasteiger partial charge in [0, 0.05) is 6.61 Å². The van der Waals surface area contributed by atoms with E-state index in [1.165, 1.54) is 17.8 Å². The second-order valence-electron chi connectivity index (χ2n) is 4.31. The van der Waals surface area contributed by atoms with Gasteiger partial charge in [0.05, 0.1) is 19.3 Å². The first-order chi connectivity index (χ1) is 9.24. The highest BCUT2D eigenvalue weighted by Gasteiger charge is 2.14. The fraction of sp³-hybridized carbons (Fsp3) is 0.727. The van der Waals surface area contributed by atoms with Crippen LogP contribution in [0.15, 0.2) is 0 Å². The van der Waals surface area contributed by atoms with Crippen LogP contribution >= 0.6 is 11.3 Å². The van der Waals surface area contributed by atoms with Crippen molar-refractivity contribution in [1.29, 1.82) is 0 Å². The molecule has 2 heterocycles. The minimum absolute atomic E-state index is 0.0359. The molecule has 1 amide bonds. The molecule has 7 nitrogen and oxygen atoms in total. The molecule has 0 saturated carbocycles. The Bertz CT molecular complexity index is 406. The van der Waals surface area contributed by atoms with E-state index < -0.39 is 0 Å². The first-order valence-electron chi connectivity index (χ1n) is 6.28. The molecule has 0 spiro atoms. The predicted octanol–water partition coefficient (Wildman–Crippen LogP) is 0.322. The van der Waals surface area contributed by atoms with Crippen LogP contribution < -0.4 is 11.1 Å². The van der Waals surface area contributed by atoms with Crippen LogP contribution in [0.3, 0.4) is 0 Å². The number of nitrogens with two attached hydrogens (primary N) is 1. The summed E-state index contributed by atoms with van der Waals surface area (Å²) in [6, 6.07) is 0. The van der Waals surface area contributed by atoms with E-state index in [9.17, 15) is 4.79 Å². The summed E-state index contributed by atoms with van der Waals surface area (Å²) in [5, 5.41) is 11.3. The summed E-state index contributed by atoms with van der Waals surface area (Å²) >= 11 is 1.26. The highest BCUT2D eigenvalue weighted by atomic mass is 32.1. The summed E-state index contributed by atoms with van der Waals surface area (Å²) in [6.07, 6.45) is 3.41. The maximum Gasteiger partial charge on any atom is 0.246 e. The Morgan fingerprint density at radius 2 is 2.42 bits per heavy atom. The molecule has 3 N–H and O–H groups in total. The van der Waals surface area contributed by atoms with Crippen molar-refractivity contribution in [2.75, 3.05) is 25.6 Å². The lowest BCUT2D eigenvalue weighted by molar-refractivity contribution is -0.128. The van der Waals surface area contributed by atoms with Gasteiger partial charge in [-0.15, -0.1) is 10.2 Å². The normalized spacial score (nSPS) is 19.3. The number of aromatic nitrogens is 2. The lowest BCUT2D eigenvalue weighted by atomic mass is 10.1. The Balaban J connectivity index is 1.56. The average Bonchev–Trinajstić information content (AvgIpc) is 2.83. The molecule has 1 unspecified atom stereocenters. The van der Waals surface area contributed by atoms with Gasteiger partial charge in [0.2, 0.25) is 11.0 Å². The molecule has 1 aromatic heterocycles. The van der Waals surface area contributed by atoms with E-state index in [0.717, 1.165) is 19.4 Å². The van der Waals surface area contributed by atoms with Crippen LogP contribution in [0, 0.1) is 0 Å². The summed E-state index contributed by atoms with van der Waals surface area (Å²) in [5.74, 6) is -0.176. The summed E-state index contributed by atoms with van der Waals surface area (Å²) in [7, 11) is 0. The predicted molar refractivity (Wildman–Crippen MR) is 70.6 cm³/mol. The lowest BCUT2D eigenvalue weighted by Crippen LogP contribution is -2.30. The third kappa shape index (κ3) is 5.09. The van der Waals surface area contributed by atoms with E-state index in [1.54, 1.807) is 0 Å². The zero-order chi connectivity index (χ0) is 13.5. The Morgan fingerprint density at radius 1 is 1.53 bits per heavy atom. The molecule has 1 fully saturated rings. The van der Waals surface area contributed by atoms with Crippen molar-refractivity contribution < 1.29 is 14.3 Å². The minimum Gasteiger partial charge on any atom is -0.376 e. The largest absolute Gasteiger partial charge is 0.376 e. The maximum atomic E-state index is 11.5. The van der Waals surface area contributed by atoms with E-state index in [1.807, 2.05) is 0 Å². The lowest BCUT2D eigenvalue weighted by Gasteiger charge is -2.22. The Morgan fingerprint density at radius 3 is 3.11 bits per heavy atom. The van der Waals surface area contributed by atoms with Crippen molar-refractivity contribution in [1.82, 2.24) is 15.5 Å². The number of anilines is 1. The molecule has 1 aliphatic rings. The van der Waals surface area contributed by atoms with Crippen LogP contribution in [0.4, 0.5) is 5.13 Å². The number of hydrogen-bond acceptors (Lipinski definition) is 7. The summed E-state index contributed by atoms with van der Waals surface area (Å²) in [5.41, 5.74) is 5.44. The highest BCUT2D eigenvalue weighted by Crippen LogP contribution is 2.12. The Kier molecular flexibility index (Phi) is 5.49. The van der Waals surface area contributed by atoms with E-state index in [4.69, 9.17) is 15.2 Å². The monoisotopic (exact) mass is 286 g/mol. The smallest absolute Gasteiger partial charge is 0.246 e. The van der Waals surface area contributed by atoms with Gasteiger partial charge in [-0.1, -0.05) is 11.3 Å². The van der Waals surface area contributed by atoms with Crippen LogP contribution in [0.25, 0.3) is 0 Å². The van der Waals surface area contributed by atoms with Gasteiger partial charge in [-0.05, 0) is 19.3 Å². The van der Waals surface area contributed by atoms with Crippen molar-refractivity contribution in [3.8, 4) is 0 Å². The molecule has 0 bridgehead atoms. The van der Waals surface area contributed by atoms with Crippen LogP contribution in [-0.2, 0) is 20.8 Å². The van der Waals surface area contributed by atoms with Gasteiger partial charge in [-0.25, -0.2) is 0 Å². The maximum absolute atomic E-state index is 11.5. The molecule has 1 aliphatic heterocycles. The highest BCUT2D eigenvalue weighted by molar-refractivity contribution is 7.15. The summed E-state index contributed by atoms with van der Waals surface area (Å²) in [6.45, 7) is 1.63. The molecule has 8 heteroatoms. The van der Waals surface area contributed by atoms with Crippen LogP contribution in [0.2, 0.25) is 0 Å². The zero-order valence-electron chi connectivity index (χ0n) is 10.6. The topological polar surface area (TPSA) is 99.4 Å². The quantitative estimate of drug-likeness (QED) is 0.781. The Labute approximate surface area is 115 Å². The van der Waals surface area contributed by atoms with Crippen molar-refractivity contribution in [3.05, 3.63) is 5.01 Å². The number of carbonyl (C=O) groups excluding carboxylic acids is 1. The number of ether oxygens (including phenoxy) is 2. The number of carbonyl (C=O) groups is 1. The van der Waals surface area contributed by atoms with Crippen molar-refractivity contribution in [3.63, 3.8) is 0 Å². The number of hydrogen-bond donors (Lipinski definition) is 2. The van der Waals surface area contributed by atoms with Crippen molar-refractivity contribution in [2.24, 2.45) is 0 Å². The number of amides is 1. The molecule has 19 heavy (non-hydrogen) atoms. The molecular weight excluding hydrogens is 268 g/mol. The molecule has 1 saturated heterocycles. The number of nitrogen functional groups attached to an aromatic ring is 1. The van der Waals surface area contributed by atoms with E-state index >= 15 is 0 Å². The van der Waals surface area contributed by atoms with Gasteiger partial charge < -0.3 is 20.5 Å². The third-order valence-electron chi connectivity index (χ3n) is 2.73. The molecule has 1 atom stereocenters. The first-order valence-corrected chi connectivity index (χ1v) is 7.09. The third-order valence-corrected chi connectivity index (χ3v) is 3.48. The second-order valence-corrected chi connectivity index (χ2v) is 5.41. The molecule has 2 rings (SSSR count). The van der Waals surface area contributed by atoms with Gasteiger partial charge in [-0.2, -0.15) is 0 Å². The average molecular weight is 286 g/mol. The standard InChI is InChI=1S/C11H18N4O3S/c12-11-15-14-10(19-11)5-13-9(16)7-17-6-8-3-1-2-4-18-8/h8H,1-7H2,(H2,12,15)(H,13,16). The van der Waals surface area contributed by atoms with Gasteiger partial charge in [-0.3, -0.25) is 4.79 Å². The number of nitrogens with zero attached hydrogens (tertiary/aromatic N) is 2. The SMILES string of the molecule is Nc1nnc(CNC(=O)COCC2CCCCO2)s1. The molecule has 106 valence electrons. The first kappa shape index (κ1) is 14.2. The van der Waals surface area contributed by atoms with Crippen LogP contribution in [0.1, 0.15) is 24.3 Å². The summed E-state index contributed by atoms with van der Waals surface area (Å²) in [4.78, 5) is 11.5. The van der Waals surface area contributed by atoms with E-state index in [-0.39, 0.29) is 18.6 Å². The van der Waals surface area contributed by atoms with Crippen molar-refractivity contribution >= 4 is 22.4 Å². The van der Waals surface area contributed by atoms with E-state index in [2.05, 4.69) is 15.5 Å². The van der Waals surface area contributed by atoms with Gasteiger partial charge in [0.1, 0.15) is 11.6 Å². The van der Waals surface area contributed by atoms with Gasteiger partial charge >= 0.3 is 0 Å². The van der Waals surface area contributed by atoms with Crippen LogP contribution in [-0.4, -0.2) is 42.0 Å². The second kappa shape index (κ2) is 7.37. The number of nitrogens with one attached hydrogen (secondary N) is 1. The zero-order valence-corrected chi connectivity index (χ0v) is 11.4. The summed E-state index contributed by atoms with van der Waals surface area (Å²) < 4.78 is 10.8. The molecular formula is C11H18N4O3S. The van der Waals surface area contributed by atoms with Gasteiger partial charge in [0.15, 0.2) is 0 Å². The van der Waals surface area contributed by atoms with E-state index in [0.29, 0.717) is 23.3 Å². The fourth-order valence-corrected chi connectivity index (χ4v) is 2.33. The fourth-order valence-electron chi connectivity index (χ4n) is 1.79. The number of rotatable bonds is 6. The van der Waals surface area contributed by atoms with Crippen molar-refractivity contribution in [2.45, 2.75) is 31.9 Å². The minimum atomic E-state index is -0.176. The molecule has 1 aromatic rings. The van der Waals surface area contributed by atoms with Gasteiger partial charge in [0.25, 0.3) is 0 Å². The molecule has 0 aliphatic carbocycles. The molecule has 0 aromatic carbocycles. The Hall–Kier alpha value is -1.25. The molecule has 0 radical (unpaired) electrons. The van der Waals surface area contributed by atoms with Crippen LogP contribution in [0.5, 0.6) is 0 Å².